The molecule has 3 aromatic rings. The van der Waals surface area contributed by atoms with Crippen molar-refractivity contribution in [1.82, 2.24) is 0 Å². The SMILES string of the molecule is O=C(Nc1cccc([N+](=O)[O-])c1)c1ccc2c(c1)CCN2S(=O)(=O)c1ccc(Cl)cc1. The van der Waals surface area contributed by atoms with Crippen LogP contribution in [0.4, 0.5) is 17.1 Å². The van der Waals surface area contributed by atoms with E-state index in [1.807, 2.05) is 0 Å². The third-order valence-corrected chi connectivity index (χ3v) is 6.99. The zero-order valence-corrected chi connectivity index (χ0v) is 17.6. The van der Waals surface area contributed by atoms with E-state index in [1.165, 1.54) is 52.8 Å². The first kappa shape index (κ1) is 20.8. The molecular weight excluding hydrogens is 442 g/mol. The van der Waals surface area contributed by atoms with Crippen LogP contribution in [0.5, 0.6) is 0 Å². The molecule has 8 nitrogen and oxygen atoms in total. The summed E-state index contributed by atoms with van der Waals surface area (Å²) in [5, 5.41) is 14.0. The number of carbonyl (C=O) groups excluding carboxylic acids is 1. The normalized spacial score (nSPS) is 13.0. The van der Waals surface area contributed by atoms with Crippen LogP contribution in [0.15, 0.2) is 71.6 Å². The van der Waals surface area contributed by atoms with E-state index in [9.17, 15) is 23.3 Å². The van der Waals surface area contributed by atoms with Gasteiger partial charge in [-0.25, -0.2) is 8.42 Å². The molecule has 10 heteroatoms. The minimum atomic E-state index is -3.75. The Kier molecular flexibility index (Phi) is 5.38. The van der Waals surface area contributed by atoms with Gasteiger partial charge in [-0.05, 0) is 60.5 Å². The number of nitro groups is 1. The average molecular weight is 458 g/mol. The standard InChI is InChI=1S/C21H16ClN3O5S/c22-16-5-7-19(8-6-16)31(29,30)24-11-10-14-12-15(4-9-20(14)24)21(26)23-17-2-1-3-18(13-17)25(27)28/h1-9,12-13H,10-11H2,(H,23,26). The molecular formula is C21H16ClN3O5S. The highest BCUT2D eigenvalue weighted by molar-refractivity contribution is 7.92. The highest BCUT2D eigenvalue weighted by Gasteiger charge is 2.31. The van der Waals surface area contributed by atoms with Gasteiger partial charge in [0.25, 0.3) is 21.6 Å². The van der Waals surface area contributed by atoms with Crippen LogP contribution in [0, 0.1) is 10.1 Å². The first-order chi connectivity index (χ1) is 14.8. The summed E-state index contributed by atoms with van der Waals surface area (Å²) in [7, 11) is -3.75. The van der Waals surface area contributed by atoms with Gasteiger partial charge in [0.1, 0.15) is 0 Å². The van der Waals surface area contributed by atoms with Gasteiger partial charge in [-0.1, -0.05) is 17.7 Å². The van der Waals surface area contributed by atoms with E-state index < -0.39 is 20.9 Å². The zero-order valence-electron chi connectivity index (χ0n) is 16.0. The molecule has 0 spiro atoms. The Morgan fingerprint density at radius 2 is 1.81 bits per heavy atom. The Morgan fingerprint density at radius 1 is 1.06 bits per heavy atom. The van der Waals surface area contributed by atoms with Gasteiger partial charge in [-0.15, -0.1) is 0 Å². The number of anilines is 2. The highest BCUT2D eigenvalue weighted by atomic mass is 35.5. The van der Waals surface area contributed by atoms with Gasteiger partial charge in [-0.3, -0.25) is 19.2 Å². The summed E-state index contributed by atoms with van der Waals surface area (Å²) in [6.45, 7) is 0.260. The fourth-order valence-corrected chi connectivity index (χ4v) is 5.03. The van der Waals surface area contributed by atoms with Crippen molar-refractivity contribution < 1.29 is 18.1 Å². The van der Waals surface area contributed by atoms with Crippen molar-refractivity contribution in [3.05, 3.63) is 93.0 Å². The van der Waals surface area contributed by atoms with Crippen molar-refractivity contribution in [1.29, 1.82) is 0 Å². The minimum Gasteiger partial charge on any atom is -0.322 e. The molecule has 31 heavy (non-hydrogen) atoms. The van der Waals surface area contributed by atoms with Crippen molar-refractivity contribution in [2.75, 3.05) is 16.2 Å². The maximum atomic E-state index is 13.0. The molecule has 1 N–H and O–H groups in total. The molecule has 1 amide bonds. The fraction of sp³-hybridized carbons (Fsp3) is 0.0952. The number of amides is 1. The highest BCUT2D eigenvalue weighted by Crippen LogP contribution is 2.34. The number of nitrogens with one attached hydrogen (secondary N) is 1. The molecule has 1 heterocycles. The molecule has 1 aliphatic heterocycles. The first-order valence-electron chi connectivity index (χ1n) is 9.23. The summed E-state index contributed by atoms with van der Waals surface area (Å²) < 4.78 is 27.3. The topological polar surface area (TPSA) is 110 Å². The number of fused-ring (bicyclic) bond motifs is 1. The summed E-state index contributed by atoms with van der Waals surface area (Å²) in [5.41, 5.74) is 1.74. The third-order valence-electron chi connectivity index (χ3n) is 4.91. The van der Waals surface area contributed by atoms with Crippen molar-refractivity contribution in [3.8, 4) is 0 Å². The molecule has 1 aliphatic rings. The summed E-state index contributed by atoms with van der Waals surface area (Å²) in [6, 6.07) is 16.4. The Morgan fingerprint density at radius 3 is 2.52 bits per heavy atom. The van der Waals surface area contributed by atoms with Crippen LogP contribution in [0.1, 0.15) is 15.9 Å². The number of carbonyl (C=O) groups is 1. The lowest BCUT2D eigenvalue weighted by Crippen LogP contribution is -2.29. The van der Waals surface area contributed by atoms with Crippen molar-refractivity contribution in [3.63, 3.8) is 0 Å². The van der Waals surface area contributed by atoms with E-state index in [4.69, 9.17) is 11.6 Å². The van der Waals surface area contributed by atoms with Crippen LogP contribution in [0.3, 0.4) is 0 Å². The van der Waals surface area contributed by atoms with Gasteiger partial charge in [0.2, 0.25) is 0 Å². The van der Waals surface area contributed by atoms with E-state index in [0.29, 0.717) is 28.4 Å². The number of rotatable bonds is 5. The summed E-state index contributed by atoms with van der Waals surface area (Å²) >= 11 is 5.85. The van der Waals surface area contributed by atoms with E-state index in [1.54, 1.807) is 18.2 Å². The van der Waals surface area contributed by atoms with Crippen LogP contribution >= 0.6 is 11.6 Å². The van der Waals surface area contributed by atoms with E-state index in [-0.39, 0.29) is 17.1 Å². The molecule has 158 valence electrons. The smallest absolute Gasteiger partial charge is 0.271 e. The number of hydrogen-bond acceptors (Lipinski definition) is 5. The monoisotopic (exact) mass is 457 g/mol. The van der Waals surface area contributed by atoms with Gasteiger partial charge in [0.05, 0.1) is 15.5 Å². The molecule has 0 saturated heterocycles. The van der Waals surface area contributed by atoms with Gasteiger partial charge >= 0.3 is 0 Å². The van der Waals surface area contributed by atoms with Crippen LogP contribution in [0.25, 0.3) is 0 Å². The Labute approximate surface area is 183 Å². The molecule has 0 saturated carbocycles. The van der Waals surface area contributed by atoms with Crippen molar-refractivity contribution >= 4 is 44.6 Å². The summed E-state index contributed by atoms with van der Waals surface area (Å²) in [5.74, 6) is -0.442. The quantitative estimate of drug-likeness (QED) is 0.455. The molecule has 0 atom stereocenters. The second-order valence-electron chi connectivity index (χ2n) is 6.89. The predicted molar refractivity (Wildman–Crippen MR) is 117 cm³/mol. The van der Waals surface area contributed by atoms with Crippen molar-refractivity contribution in [2.24, 2.45) is 0 Å². The van der Waals surface area contributed by atoms with E-state index in [2.05, 4.69) is 5.32 Å². The molecule has 0 fully saturated rings. The molecule has 3 aromatic carbocycles. The number of sulfonamides is 1. The number of benzene rings is 3. The second-order valence-corrected chi connectivity index (χ2v) is 9.18. The van der Waals surface area contributed by atoms with E-state index in [0.717, 1.165) is 5.56 Å². The number of hydrogen-bond donors (Lipinski definition) is 1. The fourth-order valence-electron chi connectivity index (χ4n) is 3.40. The lowest BCUT2D eigenvalue weighted by Gasteiger charge is -2.19. The van der Waals surface area contributed by atoms with Crippen LogP contribution in [-0.2, 0) is 16.4 Å². The minimum absolute atomic E-state index is 0.130. The molecule has 0 aliphatic carbocycles. The lowest BCUT2D eigenvalue weighted by atomic mass is 10.1. The molecule has 0 bridgehead atoms. The Bertz CT molecular complexity index is 1290. The van der Waals surface area contributed by atoms with Gasteiger partial charge < -0.3 is 5.32 Å². The summed E-state index contributed by atoms with van der Waals surface area (Å²) in [6.07, 6.45) is 0.458. The maximum absolute atomic E-state index is 13.0. The van der Waals surface area contributed by atoms with Crippen LogP contribution in [-0.4, -0.2) is 25.8 Å². The molecule has 4 rings (SSSR count). The van der Waals surface area contributed by atoms with E-state index >= 15 is 0 Å². The number of non-ortho nitro benzene ring substituents is 1. The number of nitrogens with zero attached hydrogens (tertiary/aromatic N) is 2. The average Bonchev–Trinajstić information content (AvgIpc) is 3.18. The first-order valence-corrected chi connectivity index (χ1v) is 11.0. The maximum Gasteiger partial charge on any atom is 0.271 e. The zero-order chi connectivity index (χ0) is 22.2. The predicted octanol–water partition coefficient (Wildman–Crippen LogP) is 4.25. The molecule has 0 unspecified atom stereocenters. The number of nitro benzene ring substituents is 1. The van der Waals surface area contributed by atoms with Gasteiger partial charge in [0, 0.05) is 35.0 Å². The summed E-state index contributed by atoms with van der Waals surface area (Å²) in [4.78, 5) is 23.1. The number of halogens is 1. The van der Waals surface area contributed by atoms with Gasteiger partial charge in [0.15, 0.2) is 0 Å². The Hall–Kier alpha value is -3.43. The second kappa shape index (κ2) is 8.01. The largest absolute Gasteiger partial charge is 0.322 e. The van der Waals surface area contributed by atoms with Crippen molar-refractivity contribution in [2.45, 2.75) is 11.3 Å². The van der Waals surface area contributed by atoms with Gasteiger partial charge in [-0.2, -0.15) is 0 Å². The third kappa shape index (κ3) is 4.10. The van der Waals surface area contributed by atoms with Crippen LogP contribution < -0.4 is 9.62 Å². The Balaban J connectivity index is 1.57. The lowest BCUT2D eigenvalue weighted by molar-refractivity contribution is -0.384. The molecule has 0 radical (unpaired) electrons. The molecule has 0 aromatic heterocycles. The van der Waals surface area contributed by atoms with Crippen LogP contribution in [0.2, 0.25) is 5.02 Å².